The molecule has 0 spiro atoms. The van der Waals surface area contributed by atoms with Crippen molar-refractivity contribution in [2.24, 2.45) is 0 Å². The van der Waals surface area contributed by atoms with Crippen molar-refractivity contribution in [3.63, 3.8) is 0 Å². The van der Waals surface area contributed by atoms with Gasteiger partial charge in [0.25, 0.3) is 0 Å². The van der Waals surface area contributed by atoms with Gasteiger partial charge in [0.15, 0.2) is 0 Å². The third kappa shape index (κ3) is 10.7. The van der Waals surface area contributed by atoms with E-state index in [4.69, 9.17) is 9.84 Å². The molecule has 0 atom stereocenters. The molecule has 1 aromatic carbocycles. The molecule has 5 heteroatoms. The van der Waals surface area contributed by atoms with Gasteiger partial charge in [-0.05, 0) is 18.6 Å². The van der Waals surface area contributed by atoms with Gasteiger partial charge < -0.3 is 11.3 Å². The molecule has 0 unspecified atom stereocenters. The monoisotopic (exact) mass is 358 g/mol. The van der Waals surface area contributed by atoms with Gasteiger partial charge in [0.05, 0.1) is 17.7 Å². The Morgan fingerprint density at radius 3 is 1.88 bits per heavy atom. The van der Waals surface area contributed by atoms with E-state index >= 15 is 0 Å². The molecule has 0 radical (unpaired) electrons. The normalized spacial score (nSPS) is 10.1. The van der Waals surface area contributed by atoms with Gasteiger partial charge in [0.1, 0.15) is 0 Å². The number of benzene rings is 1. The molecule has 0 bridgehead atoms. The zero-order valence-electron chi connectivity index (χ0n) is 16.8. The zero-order chi connectivity index (χ0) is 17.6. The minimum absolute atomic E-state index is 0. The summed E-state index contributed by atoms with van der Waals surface area (Å²) in [5.74, 6) is -1.66. The summed E-state index contributed by atoms with van der Waals surface area (Å²) in [4.78, 5) is 23.0. The summed E-state index contributed by atoms with van der Waals surface area (Å²) in [6, 6.07) is 6.15. The molecular formula is C20H31NaO4. The van der Waals surface area contributed by atoms with E-state index in [2.05, 4.69) is 6.92 Å². The summed E-state index contributed by atoms with van der Waals surface area (Å²) in [6.07, 6.45) is 12.2. The molecule has 1 aromatic rings. The fourth-order valence-corrected chi connectivity index (χ4v) is 2.68. The second kappa shape index (κ2) is 15.4. The van der Waals surface area contributed by atoms with Crippen LogP contribution in [0.3, 0.4) is 0 Å². The Morgan fingerprint density at radius 2 is 1.36 bits per heavy atom. The molecule has 0 aliphatic rings. The van der Waals surface area contributed by atoms with Gasteiger partial charge in [-0.15, -0.1) is 0 Å². The first-order valence-electron chi connectivity index (χ1n) is 9.16. The first-order valence-corrected chi connectivity index (χ1v) is 9.16. The molecule has 25 heavy (non-hydrogen) atoms. The van der Waals surface area contributed by atoms with Crippen LogP contribution in [0.5, 0.6) is 0 Å². The van der Waals surface area contributed by atoms with Crippen LogP contribution < -0.4 is 29.6 Å². The van der Waals surface area contributed by atoms with Gasteiger partial charge in [-0.3, -0.25) is 0 Å². The van der Waals surface area contributed by atoms with Crippen LogP contribution >= 0.6 is 0 Å². The molecule has 0 saturated carbocycles. The fraction of sp³-hybridized carbons (Fsp3) is 0.600. The van der Waals surface area contributed by atoms with Crippen molar-refractivity contribution in [3.05, 3.63) is 35.4 Å². The third-order valence-corrected chi connectivity index (χ3v) is 4.11. The molecule has 0 aliphatic heterocycles. The van der Waals surface area contributed by atoms with Crippen LogP contribution in [0.15, 0.2) is 24.3 Å². The molecule has 0 amide bonds. The summed E-state index contributed by atoms with van der Waals surface area (Å²) in [6.45, 7) is 2.58. The summed E-state index contributed by atoms with van der Waals surface area (Å²) >= 11 is 0. The minimum Gasteiger partial charge on any atom is -1.00 e. The SMILES string of the molecule is CCCCCCCCCCCCOC(=O)c1ccccc1C(=O)O.[H-].[Na+]. The van der Waals surface area contributed by atoms with Gasteiger partial charge in [-0.25, -0.2) is 9.59 Å². The average molecular weight is 358 g/mol. The Labute approximate surface area is 175 Å². The van der Waals surface area contributed by atoms with Gasteiger partial charge in [0.2, 0.25) is 0 Å². The molecule has 1 N–H and O–H groups in total. The second-order valence-electron chi connectivity index (χ2n) is 6.17. The first kappa shape index (κ1) is 24.2. The Kier molecular flexibility index (Phi) is 14.9. The summed E-state index contributed by atoms with van der Waals surface area (Å²) in [7, 11) is 0. The number of rotatable bonds is 13. The maximum atomic E-state index is 11.9. The number of unbranched alkanes of at least 4 members (excludes halogenated alkanes) is 9. The quantitative estimate of drug-likeness (QED) is 0.334. The van der Waals surface area contributed by atoms with E-state index in [1.54, 1.807) is 12.1 Å². The predicted octanol–water partition coefficient (Wildman–Crippen LogP) is 2.58. The second-order valence-corrected chi connectivity index (χ2v) is 6.17. The molecule has 136 valence electrons. The van der Waals surface area contributed by atoms with Crippen LogP contribution in [0.2, 0.25) is 0 Å². The number of ether oxygens (including phenoxy) is 1. The van der Waals surface area contributed by atoms with Crippen LogP contribution in [0.4, 0.5) is 0 Å². The van der Waals surface area contributed by atoms with E-state index < -0.39 is 11.9 Å². The summed E-state index contributed by atoms with van der Waals surface area (Å²) in [5, 5.41) is 9.07. The van der Waals surface area contributed by atoms with E-state index in [0.717, 1.165) is 19.3 Å². The number of carbonyl (C=O) groups excluding carboxylic acids is 1. The first-order chi connectivity index (χ1) is 11.7. The number of hydrogen-bond donors (Lipinski definition) is 1. The number of aromatic carboxylic acids is 1. The van der Waals surface area contributed by atoms with Crippen molar-refractivity contribution in [2.75, 3.05) is 6.61 Å². The summed E-state index contributed by atoms with van der Waals surface area (Å²) < 4.78 is 5.19. The van der Waals surface area contributed by atoms with Gasteiger partial charge in [0, 0.05) is 0 Å². The van der Waals surface area contributed by atoms with Crippen molar-refractivity contribution in [2.45, 2.75) is 71.1 Å². The number of carbonyl (C=O) groups is 2. The Balaban J connectivity index is 0. The molecule has 0 saturated heterocycles. The maximum absolute atomic E-state index is 11.9. The van der Waals surface area contributed by atoms with Crippen LogP contribution in [-0.2, 0) is 4.74 Å². The zero-order valence-corrected chi connectivity index (χ0v) is 17.8. The van der Waals surface area contributed by atoms with Crippen LogP contribution in [0.25, 0.3) is 0 Å². The molecular weight excluding hydrogens is 327 g/mol. The molecule has 0 fully saturated rings. The standard InChI is InChI=1S/C20H30O4.Na.H/c1-2-3-4-5-6-7-8-9-10-13-16-24-20(23)18-15-12-11-14-17(18)19(21)22;;/h11-12,14-15H,2-10,13,16H2,1H3,(H,21,22);;/q;+1;-1. The Bertz CT molecular complexity index is 508. The van der Waals surface area contributed by atoms with E-state index in [1.165, 1.54) is 57.1 Å². The number of hydrogen-bond acceptors (Lipinski definition) is 3. The van der Waals surface area contributed by atoms with Crippen LogP contribution in [0.1, 0.15) is 93.3 Å². The topological polar surface area (TPSA) is 63.6 Å². The van der Waals surface area contributed by atoms with Gasteiger partial charge in [-0.2, -0.15) is 0 Å². The van der Waals surface area contributed by atoms with E-state index in [1.807, 2.05) is 0 Å². The predicted molar refractivity (Wildman–Crippen MR) is 96.6 cm³/mol. The fourth-order valence-electron chi connectivity index (χ4n) is 2.68. The smallest absolute Gasteiger partial charge is 1.00 e. The molecule has 4 nitrogen and oxygen atoms in total. The van der Waals surface area contributed by atoms with E-state index in [0.29, 0.717) is 6.61 Å². The molecule has 1 rings (SSSR count). The van der Waals surface area contributed by atoms with Gasteiger partial charge in [-0.1, -0.05) is 76.8 Å². The van der Waals surface area contributed by atoms with E-state index in [9.17, 15) is 9.59 Å². The molecule has 0 aromatic heterocycles. The van der Waals surface area contributed by atoms with Crippen molar-refractivity contribution in [1.29, 1.82) is 0 Å². The minimum atomic E-state index is -1.11. The Hall–Kier alpha value is -0.840. The van der Waals surface area contributed by atoms with Crippen molar-refractivity contribution < 1.29 is 50.4 Å². The van der Waals surface area contributed by atoms with Gasteiger partial charge >= 0.3 is 41.5 Å². The average Bonchev–Trinajstić information content (AvgIpc) is 2.59. The maximum Gasteiger partial charge on any atom is 1.00 e. The van der Waals surface area contributed by atoms with Crippen molar-refractivity contribution >= 4 is 11.9 Å². The number of carboxylic acid groups (broad SMARTS) is 1. The van der Waals surface area contributed by atoms with Crippen molar-refractivity contribution in [1.82, 2.24) is 0 Å². The third-order valence-electron chi connectivity index (χ3n) is 4.11. The number of carboxylic acids is 1. The van der Waals surface area contributed by atoms with Crippen molar-refractivity contribution in [3.8, 4) is 0 Å². The number of esters is 1. The van der Waals surface area contributed by atoms with E-state index in [-0.39, 0.29) is 42.1 Å². The Morgan fingerprint density at radius 1 is 0.880 bits per heavy atom. The van der Waals surface area contributed by atoms with Crippen LogP contribution in [0, 0.1) is 0 Å². The summed E-state index contributed by atoms with van der Waals surface area (Å²) in [5.41, 5.74) is 0.114. The molecule has 0 heterocycles. The largest absolute Gasteiger partial charge is 1.00 e. The van der Waals surface area contributed by atoms with Crippen LogP contribution in [-0.4, -0.2) is 23.7 Å². The molecule has 0 aliphatic carbocycles.